The SMILES string of the molecule is COc1ccc(C2=CN3C(=O)c4cc(OC)c(OCCCOc5cc6c(cc5OC)C(=O)N5C=C(c7ccc(NC(=O)[C@@H](C)C(C(N)=O)C(C)C)cc7)C[C@H]5C=N6)cc4N=C[C@@H]3C2)cc1F. The zero-order valence-electron chi connectivity index (χ0n) is 37.5. The molecule has 4 aliphatic rings. The molecule has 4 heterocycles. The van der Waals surface area contributed by atoms with Gasteiger partial charge in [-0.3, -0.25) is 29.2 Å². The Hall–Kier alpha value is -7.49. The molecule has 0 aliphatic carbocycles. The fourth-order valence-corrected chi connectivity index (χ4v) is 8.77. The molecule has 0 saturated heterocycles. The van der Waals surface area contributed by atoms with Gasteiger partial charge in [0.25, 0.3) is 11.8 Å². The molecule has 66 heavy (non-hydrogen) atoms. The van der Waals surface area contributed by atoms with Gasteiger partial charge in [-0.05, 0) is 64.6 Å². The van der Waals surface area contributed by atoms with Gasteiger partial charge >= 0.3 is 0 Å². The van der Waals surface area contributed by atoms with Crippen LogP contribution in [0.3, 0.4) is 0 Å². The first-order chi connectivity index (χ1) is 31.8. The molecule has 0 aromatic heterocycles. The van der Waals surface area contributed by atoms with Crippen LogP contribution in [0.25, 0.3) is 11.1 Å². The van der Waals surface area contributed by atoms with Crippen molar-refractivity contribution in [2.24, 2.45) is 33.5 Å². The van der Waals surface area contributed by atoms with Gasteiger partial charge in [0.1, 0.15) is 0 Å². The van der Waals surface area contributed by atoms with Crippen molar-refractivity contribution in [2.75, 3.05) is 39.9 Å². The number of anilines is 1. The molecule has 4 aromatic carbocycles. The summed E-state index contributed by atoms with van der Waals surface area (Å²) in [6.45, 7) is 5.92. The van der Waals surface area contributed by atoms with Crippen molar-refractivity contribution in [1.82, 2.24) is 9.80 Å². The number of carbonyl (C=O) groups excluding carboxylic acids is 4. The van der Waals surface area contributed by atoms with Crippen molar-refractivity contribution in [1.29, 1.82) is 0 Å². The largest absolute Gasteiger partial charge is 0.494 e. The van der Waals surface area contributed by atoms with Gasteiger partial charge in [0.05, 0.1) is 75.0 Å². The van der Waals surface area contributed by atoms with Crippen LogP contribution in [0, 0.1) is 23.6 Å². The van der Waals surface area contributed by atoms with Crippen LogP contribution in [0.5, 0.6) is 28.7 Å². The number of methoxy groups -OCH3 is 3. The van der Waals surface area contributed by atoms with E-state index in [-0.39, 0.29) is 54.7 Å². The number of nitrogens with zero attached hydrogens (tertiary/aromatic N) is 4. The summed E-state index contributed by atoms with van der Waals surface area (Å²) >= 11 is 0. The Morgan fingerprint density at radius 1 is 0.712 bits per heavy atom. The lowest BCUT2D eigenvalue weighted by Gasteiger charge is -2.23. The van der Waals surface area contributed by atoms with Gasteiger partial charge in [-0.2, -0.15) is 0 Å². The van der Waals surface area contributed by atoms with Crippen molar-refractivity contribution in [3.8, 4) is 28.7 Å². The van der Waals surface area contributed by atoms with Gasteiger partial charge in [0.15, 0.2) is 34.6 Å². The van der Waals surface area contributed by atoms with E-state index in [1.165, 1.54) is 27.4 Å². The van der Waals surface area contributed by atoms with E-state index in [0.717, 1.165) is 16.7 Å². The van der Waals surface area contributed by atoms with Crippen LogP contribution in [0.1, 0.15) is 71.9 Å². The second-order valence-electron chi connectivity index (χ2n) is 16.8. The zero-order valence-corrected chi connectivity index (χ0v) is 37.5. The summed E-state index contributed by atoms with van der Waals surface area (Å²) in [5.74, 6) is -1.32. The van der Waals surface area contributed by atoms with Gasteiger partial charge in [-0.25, -0.2) is 4.39 Å². The van der Waals surface area contributed by atoms with Crippen LogP contribution in [-0.4, -0.2) is 92.5 Å². The predicted octanol–water partition coefficient (Wildman–Crippen LogP) is 7.97. The normalized spacial score (nSPS) is 17.9. The molecule has 16 heteroatoms. The van der Waals surface area contributed by atoms with E-state index in [1.54, 1.807) is 83.9 Å². The number of hydrogen-bond donors (Lipinski definition) is 2. The van der Waals surface area contributed by atoms with E-state index in [4.69, 9.17) is 34.4 Å². The Balaban J connectivity index is 0.876. The minimum Gasteiger partial charge on any atom is -0.494 e. The number of ether oxygens (including phenoxy) is 5. The average Bonchev–Trinajstić information content (AvgIpc) is 3.88. The predicted molar refractivity (Wildman–Crippen MR) is 248 cm³/mol. The van der Waals surface area contributed by atoms with E-state index >= 15 is 0 Å². The Labute approximate surface area is 381 Å². The standard InChI is InChI=1S/C50H51FN6O9/c1-27(2)46(47(52)58)28(3)48(59)55-33-11-8-29(9-12-33)31-16-34-23-53-39-21-44(42(63-5)19-36(39)49(60)56(34)25-31)65-14-7-15-66-45-22-40-37(20-43(45)64-6)50(61)57-26-32(17-35(57)24-54-40)30-10-13-41(62-4)38(51)18-30/h8-13,18-28,34-35,46H,7,14-17H2,1-6H3,(H2,52,58)(H,55,59)/t28-,34-,35-,46?/m0/s1. The molecule has 4 aliphatic heterocycles. The third-order valence-electron chi connectivity index (χ3n) is 12.3. The topological polar surface area (TPSA) is 184 Å². The number of nitrogens with one attached hydrogen (secondary N) is 1. The smallest absolute Gasteiger partial charge is 0.260 e. The minimum atomic E-state index is -0.597. The number of benzene rings is 4. The lowest BCUT2D eigenvalue weighted by atomic mass is 9.83. The van der Waals surface area contributed by atoms with Crippen molar-refractivity contribution in [3.05, 3.63) is 107 Å². The van der Waals surface area contributed by atoms with Crippen molar-refractivity contribution in [3.63, 3.8) is 0 Å². The maximum absolute atomic E-state index is 14.5. The first-order valence-corrected chi connectivity index (χ1v) is 21.7. The quantitative estimate of drug-likeness (QED) is 0.105. The number of fused-ring (bicyclic) bond motifs is 4. The highest BCUT2D eigenvalue weighted by molar-refractivity contribution is 6.06. The third kappa shape index (κ3) is 8.95. The van der Waals surface area contributed by atoms with E-state index in [2.05, 4.69) is 10.3 Å². The molecule has 3 N–H and O–H groups in total. The highest BCUT2D eigenvalue weighted by atomic mass is 19.1. The number of primary amides is 1. The molecule has 4 aromatic rings. The molecule has 0 bridgehead atoms. The summed E-state index contributed by atoms with van der Waals surface area (Å²) in [5.41, 5.74) is 11.0. The fraction of sp³-hybridized carbons (Fsp3) is 0.320. The highest BCUT2D eigenvalue weighted by Crippen LogP contribution is 2.42. The van der Waals surface area contributed by atoms with Gasteiger partial charge in [0.2, 0.25) is 11.8 Å². The average molecular weight is 899 g/mol. The molecule has 0 fully saturated rings. The van der Waals surface area contributed by atoms with Crippen LogP contribution in [0.4, 0.5) is 21.5 Å². The Kier molecular flexibility index (Phi) is 12.9. The molecule has 1 unspecified atom stereocenters. The molecular weight excluding hydrogens is 848 g/mol. The van der Waals surface area contributed by atoms with Gasteiger partial charge < -0.3 is 44.5 Å². The number of aliphatic imine (C=N–C) groups is 2. The third-order valence-corrected chi connectivity index (χ3v) is 12.3. The summed E-state index contributed by atoms with van der Waals surface area (Å²) in [6.07, 6.45) is 8.49. The number of amides is 4. The van der Waals surface area contributed by atoms with Crippen LogP contribution >= 0.6 is 0 Å². The Morgan fingerprint density at radius 2 is 1.21 bits per heavy atom. The fourth-order valence-electron chi connectivity index (χ4n) is 8.77. The highest BCUT2D eigenvalue weighted by Gasteiger charge is 2.36. The number of nitrogens with two attached hydrogens (primary N) is 1. The van der Waals surface area contributed by atoms with E-state index in [0.29, 0.717) is 76.0 Å². The number of rotatable bonds is 16. The molecule has 8 rings (SSSR count). The van der Waals surface area contributed by atoms with Gasteiger partial charge in [0, 0.05) is 67.8 Å². The Bertz CT molecular complexity index is 2710. The summed E-state index contributed by atoms with van der Waals surface area (Å²) in [6, 6.07) is 18.0. The van der Waals surface area contributed by atoms with Crippen molar-refractivity contribution in [2.45, 2.75) is 52.1 Å². The first-order valence-electron chi connectivity index (χ1n) is 21.7. The lowest BCUT2D eigenvalue weighted by molar-refractivity contribution is -0.131. The monoisotopic (exact) mass is 898 g/mol. The summed E-state index contributed by atoms with van der Waals surface area (Å²) in [5, 5.41) is 2.89. The van der Waals surface area contributed by atoms with E-state index in [9.17, 15) is 23.6 Å². The number of halogens is 1. The zero-order chi connectivity index (χ0) is 46.8. The van der Waals surface area contributed by atoms with Crippen LogP contribution in [-0.2, 0) is 9.59 Å². The maximum Gasteiger partial charge on any atom is 0.260 e. The minimum absolute atomic E-state index is 0.0796. The van der Waals surface area contributed by atoms with Crippen LogP contribution in [0.15, 0.2) is 89.1 Å². The molecule has 0 radical (unpaired) electrons. The molecule has 342 valence electrons. The maximum atomic E-state index is 14.5. The molecule has 15 nitrogen and oxygen atoms in total. The molecule has 0 spiro atoms. The lowest BCUT2D eigenvalue weighted by Crippen LogP contribution is -2.38. The van der Waals surface area contributed by atoms with Crippen LogP contribution in [0.2, 0.25) is 0 Å². The molecule has 0 saturated carbocycles. The molecular formula is C50H51FN6O9. The summed E-state index contributed by atoms with van der Waals surface area (Å²) in [4.78, 5) is 65.3. The molecule has 4 atom stereocenters. The summed E-state index contributed by atoms with van der Waals surface area (Å²) in [7, 11) is 4.41. The van der Waals surface area contributed by atoms with Crippen LogP contribution < -0.4 is 34.7 Å². The van der Waals surface area contributed by atoms with E-state index in [1.807, 2.05) is 32.2 Å². The van der Waals surface area contributed by atoms with Gasteiger partial charge in [-0.1, -0.05) is 39.0 Å². The van der Waals surface area contributed by atoms with Crippen molar-refractivity contribution < 1.29 is 47.3 Å². The van der Waals surface area contributed by atoms with Gasteiger partial charge in [-0.15, -0.1) is 0 Å². The number of carbonyl (C=O) groups is 4. The van der Waals surface area contributed by atoms with E-state index < -0.39 is 23.6 Å². The first kappa shape index (κ1) is 45.1. The van der Waals surface area contributed by atoms with Crippen molar-refractivity contribution >= 4 is 64.3 Å². The molecule has 4 amide bonds. The summed E-state index contributed by atoms with van der Waals surface area (Å²) < 4.78 is 43.1. The second kappa shape index (κ2) is 18.9. The second-order valence-corrected chi connectivity index (χ2v) is 16.8. The number of hydrogen-bond acceptors (Lipinski definition) is 11. The Morgan fingerprint density at radius 3 is 1.68 bits per heavy atom.